The first-order valence-corrected chi connectivity index (χ1v) is 33.8. The number of hydrogen-bond acceptors (Lipinski definition) is 6. The Bertz CT molecular complexity index is 1140. The Morgan fingerprint density at radius 1 is 0.284 bits per heavy atom. The SMILES string of the molecule is CCCCCCCCCCCCCCCCCCCCCC(=O)O[C@@H](COC(=O)CCCCCCCCCCCCCCCCCCC(C)C)COC(=O)CCCCCCCCCCCCCCCCC(C)CC. The van der Waals surface area contributed by atoms with Crippen molar-refractivity contribution in [2.75, 3.05) is 13.2 Å². The van der Waals surface area contributed by atoms with Crippen LogP contribution in [-0.4, -0.2) is 37.2 Å². The lowest BCUT2D eigenvalue weighted by Crippen LogP contribution is -2.30. The molecule has 0 aliphatic rings. The molecule has 0 fully saturated rings. The van der Waals surface area contributed by atoms with Crippen LogP contribution < -0.4 is 0 Å². The van der Waals surface area contributed by atoms with Gasteiger partial charge in [0.2, 0.25) is 0 Å². The molecule has 0 heterocycles. The normalized spacial score (nSPS) is 12.4. The Morgan fingerprint density at radius 2 is 0.514 bits per heavy atom. The van der Waals surface area contributed by atoms with Gasteiger partial charge in [-0.2, -0.15) is 0 Å². The maximum Gasteiger partial charge on any atom is 0.306 e. The summed E-state index contributed by atoms with van der Waals surface area (Å²) >= 11 is 0. The van der Waals surface area contributed by atoms with E-state index in [-0.39, 0.29) is 31.1 Å². The lowest BCUT2D eigenvalue weighted by atomic mass is 9.99. The van der Waals surface area contributed by atoms with Crippen LogP contribution in [0.2, 0.25) is 0 Å². The molecule has 0 aliphatic heterocycles. The molecule has 6 nitrogen and oxygen atoms in total. The number of carbonyl (C=O) groups excluding carboxylic acids is 3. The molecule has 0 amide bonds. The quantitative estimate of drug-likeness (QED) is 0.0343. The predicted octanol–water partition coefficient (Wildman–Crippen LogP) is 22.8. The van der Waals surface area contributed by atoms with Gasteiger partial charge in [-0.1, -0.05) is 349 Å². The van der Waals surface area contributed by atoms with Gasteiger partial charge in [0, 0.05) is 19.3 Å². The minimum Gasteiger partial charge on any atom is -0.462 e. The Morgan fingerprint density at radius 3 is 0.770 bits per heavy atom. The highest BCUT2D eigenvalue weighted by atomic mass is 16.6. The Kier molecular flexibility index (Phi) is 59.3. The van der Waals surface area contributed by atoms with E-state index in [0.717, 1.165) is 69.6 Å². The lowest BCUT2D eigenvalue weighted by molar-refractivity contribution is -0.167. The minimum atomic E-state index is -0.764. The number of carbonyl (C=O) groups is 3. The van der Waals surface area contributed by atoms with Gasteiger partial charge in [-0.05, 0) is 31.1 Å². The molecule has 0 aliphatic carbocycles. The zero-order valence-corrected chi connectivity index (χ0v) is 51.0. The maximum absolute atomic E-state index is 12.9. The van der Waals surface area contributed by atoms with Gasteiger partial charge < -0.3 is 14.2 Å². The molecule has 0 saturated heterocycles. The Hall–Kier alpha value is -1.59. The van der Waals surface area contributed by atoms with Crippen LogP contribution in [-0.2, 0) is 28.6 Å². The summed E-state index contributed by atoms with van der Waals surface area (Å²) < 4.78 is 17.0. The minimum absolute atomic E-state index is 0.0615. The second-order valence-electron chi connectivity index (χ2n) is 24.2. The van der Waals surface area contributed by atoms with Crippen LogP contribution in [0, 0.1) is 11.8 Å². The smallest absolute Gasteiger partial charge is 0.306 e. The van der Waals surface area contributed by atoms with Crippen LogP contribution >= 0.6 is 0 Å². The first-order valence-electron chi connectivity index (χ1n) is 33.8. The van der Waals surface area contributed by atoms with Gasteiger partial charge in [0.15, 0.2) is 6.10 Å². The van der Waals surface area contributed by atoms with E-state index in [1.165, 1.54) is 276 Å². The van der Waals surface area contributed by atoms with Crippen molar-refractivity contribution in [3.05, 3.63) is 0 Å². The van der Waals surface area contributed by atoms with Gasteiger partial charge in [0.05, 0.1) is 0 Å². The summed E-state index contributed by atoms with van der Waals surface area (Å²) in [6.45, 7) is 11.5. The largest absolute Gasteiger partial charge is 0.462 e. The summed E-state index contributed by atoms with van der Waals surface area (Å²) in [5.41, 5.74) is 0. The summed E-state index contributed by atoms with van der Waals surface area (Å²) in [6.07, 6.45) is 68.2. The van der Waals surface area contributed by atoms with E-state index in [1.807, 2.05) is 0 Å². The third-order valence-electron chi connectivity index (χ3n) is 16.1. The van der Waals surface area contributed by atoms with Crippen molar-refractivity contribution < 1.29 is 28.6 Å². The van der Waals surface area contributed by atoms with Crippen LogP contribution in [0.5, 0.6) is 0 Å². The molecular weight excluding hydrogens is 913 g/mol. The van der Waals surface area contributed by atoms with E-state index < -0.39 is 6.10 Å². The van der Waals surface area contributed by atoms with Crippen molar-refractivity contribution >= 4 is 17.9 Å². The molecule has 0 radical (unpaired) electrons. The van der Waals surface area contributed by atoms with E-state index in [2.05, 4.69) is 34.6 Å². The van der Waals surface area contributed by atoms with Crippen molar-refractivity contribution in [2.45, 2.75) is 394 Å². The summed E-state index contributed by atoms with van der Waals surface area (Å²) in [7, 11) is 0. The third-order valence-corrected chi connectivity index (χ3v) is 16.1. The summed E-state index contributed by atoms with van der Waals surface area (Å²) in [5, 5.41) is 0. The van der Waals surface area contributed by atoms with Crippen molar-refractivity contribution in [2.24, 2.45) is 11.8 Å². The Labute approximate surface area is 463 Å². The predicted molar refractivity (Wildman–Crippen MR) is 321 cm³/mol. The first-order chi connectivity index (χ1) is 36.3. The highest BCUT2D eigenvalue weighted by Crippen LogP contribution is 2.20. The van der Waals surface area contributed by atoms with Crippen molar-refractivity contribution in [1.29, 1.82) is 0 Å². The van der Waals surface area contributed by atoms with Crippen LogP contribution in [0.1, 0.15) is 388 Å². The molecule has 0 spiro atoms. The second kappa shape index (κ2) is 60.6. The van der Waals surface area contributed by atoms with E-state index in [1.54, 1.807) is 0 Å². The molecular formula is C68H132O6. The zero-order valence-electron chi connectivity index (χ0n) is 51.0. The van der Waals surface area contributed by atoms with Crippen LogP contribution in [0.15, 0.2) is 0 Å². The lowest BCUT2D eigenvalue weighted by Gasteiger charge is -2.18. The average molecular weight is 1050 g/mol. The fourth-order valence-electron chi connectivity index (χ4n) is 10.6. The van der Waals surface area contributed by atoms with Crippen LogP contribution in [0.3, 0.4) is 0 Å². The van der Waals surface area contributed by atoms with E-state index in [4.69, 9.17) is 14.2 Å². The molecule has 74 heavy (non-hydrogen) atoms. The van der Waals surface area contributed by atoms with Gasteiger partial charge in [0.25, 0.3) is 0 Å². The van der Waals surface area contributed by atoms with E-state index in [0.29, 0.717) is 19.3 Å². The molecule has 0 aromatic carbocycles. The Balaban J connectivity index is 4.29. The molecule has 0 saturated carbocycles. The van der Waals surface area contributed by atoms with Gasteiger partial charge in [-0.3, -0.25) is 14.4 Å². The standard InChI is InChI=1S/C68H132O6/c1-6-8-9-10-11-12-13-14-15-16-17-18-23-30-35-40-45-50-55-60-68(71)74-65(62-73-67(70)59-54-49-44-39-34-29-25-24-27-32-37-42-47-52-57-64(5)7-2)61-72-66(69)58-53-48-43-38-33-28-22-20-19-21-26-31-36-41-46-51-56-63(3)4/h63-65H,6-62H2,1-5H3/t64?,65-/m0/s1. The number of esters is 3. The highest BCUT2D eigenvalue weighted by Gasteiger charge is 2.20. The van der Waals surface area contributed by atoms with Gasteiger partial charge >= 0.3 is 17.9 Å². The first kappa shape index (κ1) is 72.4. The van der Waals surface area contributed by atoms with Crippen molar-refractivity contribution in [1.82, 2.24) is 0 Å². The number of ether oxygens (including phenoxy) is 3. The maximum atomic E-state index is 12.9. The average Bonchev–Trinajstić information content (AvgIpc) is 3.39. The van der Waals surface area contributed by atoms with E-state index >= 15 is 0 Å². The van der Waals surface area contributed by atoms with Gasteiger partial charge in [-0.25, -0.2) is 0 Å². The highest BCUT2D eigenvalue weighted by molar-refractivity contribution is 5.71. The molecule has 1 unspecified atom stereocenters. The van der Waals surface area contributed by atoms with Gasteiger partial charge in [-0.15, -0.1) is 0 Å². The van der Waals surface area contributed by atoms with Crippen LogP contribution in [0.25, 0.3) is 0 Å². The molecule has 2 atom stereocenters. The van der Waals surface area contributed by atoms with Crippen molar-refractivity contribution in [3.8, 4) is 0 Å². The number of unbranched alkanes of at least 4 members (excludes halogenated alkanes) is 46. The summed E-state index contributed by atoms with van der Waals surface area (Å²) in [4.78, 5) is 38.4. The molecule has 0 N–H and O–H groups in total. The topological polar surface area (TPSA) is 78.9 Å². The fraction of sp³-hybridized carbons (Fsp3) is 0.956. The summed E-state index contributed by atoms with van der Waals surface area (Å²) in [5.74, 6) is 0.922. The van der Waals surface area contributed by atoms with E-state index in [9.17, 15) is 14.4 Å². The van der Waals surface area contributed by atoms with Gasteiger partial charge in [0.1, 0.15) is 13.2 Å². The molecule has 0 aromatic rings. The molecule has 0 aromatic heterocycles. The fourth-order valence-corrected chi connectivity index (χ4v) is 10.6. The zero-order chi connectivity index (χ0) is 53.9. The molecule has 0 bridgehead atoms. The monoisotopic (exact) mass is 1050 g/mol. The van der Waals surface area contributed by atoms with Crippen LogP contribution in [0.4, 0.5) is 0 Å². The number of rotatable bonds is 62. The molecule has 6 heteroatoms. The number of hydrogen-bond donors (Lipinski definition) is 0. The molecule has 440 valence electrons. The molecule has 0 rings (SSSR count). The summed E-state index contributed by atoms with van der Waals surface area (Å²) in [6, 6.07) is 0. The second-order valence-corrected chi connectivity index (χ2v) is 24.2. The van der Waals surface area contributed by atoms with Crippen molar-refractivity contribution in [3.63, 3.8) is 0 Å². The third kappa shape index (κ3) is 59.7.